The number of aromatic nitrogens is 2. The van der Waals surface area contributed by atoms with Gasteiger partial charge in [-0.05, 0) is 73.0 Å². The lowest BCUT2D eigenvalue weighted by Gasteiger charge is -2.17. The number of anilines is 1. The minimum atomic E-state index is 0.0176. The monoisotopic (exact) mass is 459 g/mol. The first-order chi connectivity index (χ1) is 17.2. The quantitative estimate of drug-likeness (QED) is 0.318. The molecule has 0 fully saturated rings. The first-order valence-corrected chi connectivity index (χ1v) is 11.8. The average molecular weight is 460 g/mol. The molecular formula is C30H25N3O2. The second kappa shape index (κ2) is 8.76. The molecule has 0 N–H and O–H groups in total. The lowest BCUT2D eigenvalue weighted by atomic mass is 10.1. The smallest absolute Gasteiger partial charge is 0.258 e. The zero-order valence-corrected chi connectivity index (χ0v) is 19.5. The molecule has 35 heavy (non-hydrogen) atoms. The van der Waals surface area contributed by atoms with Crippen LogP contribution in [0.4, 0.5) is 5.69 Å². The van der Waals surface area contributed by atoms with Crippen molar-refractivity contribution in [3.05, 3.63) is 120 Å². The molecule has 6 rings (SSSR count). The van der Waals surface area contributed by atoms with Crippen LogP contribution in [0, 0.1) is 6.92 Å². The minimum absolute atomic E-state index is 0.0176. The fourth-order valence-corrected chi connectivity index (χ4v) is 4.80. The molecule has 0 unspecified atom stereocenters. The molecule has 1 aliphatic rings. The molecule has 1 aromatic heterocycles. The topological polar surface area (TPSA) is 47.4 Å². The summed E-state index contributed by atoms with van der Waals surface area (Å²) in [7, 11) is 0. The highest BCUT2D eigenvalue weighted by molar-refractivity contribution is 6.08. The lowest BCUT2D eigenvalue weighted by molar-refractivity contribution is 0.0989. The van der Waals surface area contributed by atoms with Gasteiger partial charge in [0.2, 0.25) is 0 Å². The van der Waals surface area contributed by atoms with Crippen molar-refractivity contribution < 1.29 is 9.53 Å². The molecule has 0 radical (unpaired) electrons. The fourth-order valence-electron chi connectivity index (χ4n) is 4.80. The summed E-state index contributed by atoms with van der Waals surface area (Å²) in [4.78, 5) is 19.9. The van der Waals surface area contributed by atoms with E-state index >= 15 is 0 Å². The molecule has 0 aliphatic carbocycles. The summed E-state index contributed by atoms with van der Waals surface area (Å²) in [5.74, 6) is 1.71. The summed E-state index contributed by atoms with van der Waals surface area (Å²) in [5.41, 5.74) is 6.81. The predicted octanol–water partition coefficient (Wildman–Crippen LogP) is 6.12. The van der Waals surface area contributed by atoms with Gasteiger partial charge in [0.15, 0.2) is 0 Å². The maximum atomic E-state index is 13.3. The number of imidazole rings is 1. The molecule has 0 saturated carbocycles. The van der Waals surface area contributed by atoms with E-state index in [2.05, 4.69) is 22.8 Å². The number of benzene rings is 4. The van der Waals surface area contributed by atoms with Crippen LogP contribution in [0.2, 0.25) is 0 Å². The highest BCUT2D eigenvalue weighted by atomic mass is 16.5. The van der Waals surface area contributed by atoms with Crippen molar-refractivity contribution in [1.29, 1.82) is 0 Å². The van der Waals surface area contributed by atoms with Gasteiger partial charge in [-0.25, -0.2) is 4.98 Å². The highest BCUT2D eigenvalue weighted by Crippen LogP contribution is 2.30. The maximum absolute atomic E-state index is 13.3. The van der Waals surface area contributed by atoms with E-state index in [1.807, 2.05) is 90.7 Å². The van der Waals surface area contributed by atoms with Crippen LogP contribution in [0.1, 0.15) is 27.3 Å². The van der Waals surface area contributed by atoms with E-state index in [0.29, 0.717) is 18.7 Å². The molecule has 5 nitrogen and oxygen atoms in total. The van der Waals surface area contributed by atoms with E-state index in [-0.39, 0.29) is 5.91 Å². The van der Waals surface area contributed by atoms with E-state index in [9.17, 15) is 4.79 Å². The largest absolute Gasteiger partial charge is 0.489 e. The Balaban J connectivity index is 1.25. The van der Waals surface area contributed by atoms with Crippen LogP contribution < -0.4 is 9.64 Å². The first-order valence-electron chi connectivity index (χ1n) is 11.8. The second-order valence-corrected chi connectivity index (χ2v) is 8.80. The number of amides is 1. The summed E-state index contributed by atoms with van der Waals surface area (Å²) >= 11 is 0. The Hall–Kier alpha value is -4.38. The average Bonchev–Trinajstić information content (AvgIpc) is 3.48. The van der Waals surface area contributed by atoms with E-state index in [4.69, 9.17) is 9.72 Å². The van der Waals surface area contributed by atoms with Gasteiger partial charge in [-0.15, -0.1) is 0 Å². The third kappa shape index (κ3) is 3.95. The molecular weight excluding hydrogens is 434 g/mol. The maximum Gasteiger partial charge on any atom is 0.258 e. The molecule has 0 spiro atoms. The van der Waals surface area contributed by atoms with Crippen molar-refractivity contribution in [3.8, 4) is 11.4 Å². The summed E-state index contributed by atoms with van der Waals surface area (Å²) < 4.78 is 8.04. The number of aryl methyl sites for hydroxylation is 1. The Labute approximate surface area is 204 Å². The molecule has 0 saturated heterocycles. The number of rotatable bonds is 5. The summed E-state index contributed by atoms with van der Waals surface area (Å²) in [6.45, 7) is 3.23. The molecule has 1 amide bonds. The van der Waals surface area contributed by atoms with Gasteiger partial charge in [-0.1, -0.05) is 48.5 Å². The van der Waals surface area contributed by atoms with Crippen molar-refractivity contribution >= 4 is 22.6 Å². The van der Waals surface area contributed by atoms with Crippen LogP contribution in [0.5, 0.6) is 5.75 Å². The van der Waals surface area contributed by atoms with Crippen LogP contribution in [-0.2, 0) is 13.0 Å². The first kappa shape index (κ1) is 21.2. The Morgan fingerprint density at radius 3 is 2.51 bits per heavy atom. The van der Waals surface area contributed by atoms with Crippen LogP contribution in [-0.4, -0.2) is 22.0 Å². The molecule has 0 atom stereocenters. The third-order valence-corrected chi connectivity index (χ3v) is 6.54. The number of hydrogen-bond donors (Lipinski definition) is 0. The Morgan fingerprint density at radius 1 is 0.914 bits per heavy atom. The van der Waals surface area contributed by atoms with Crippen molar-refractivity contribution in [2.45, 2.75) is 20.0 Å². The Morgan fingerprint density at radius 2 is 1.69 bits per heavy atom. The number of ether oxygens (including phenoxy) is 1. The van der Waals surface area contributed by atoms with Crippen LogP contribution in [0.3, 0.4) is 0 Å². The minimum Gasteiger partial charge on any atom is -0.489 e. The van der Waals surface area contributed by atoms with Gasteiger partial charge in [-0.3, -0.25) is 9.36 Å². The van der Waals surface area contributed by atoms with Gasteiger partial charge >= 0.3 is 0 Å². The number of nitrogens with zero attached hydrogens (tertiary/aromatic N) is 3. The highest BCUT2D eigenvalue weighted by Gasteiger charge is 2.25. The molecule has 5 heteroatoms. The summed E-state index contributed by atoms with van der Waals surface area (Å²) in [6.07, 6.45) is 0.892. The SMILES string of the molecule is Cc1nc2cc(C(=O)N3CCc4ccccc43)ccc2n1-c1ccc(OCc2ccccc2)cc1. The molecule has 172 valence electrons. The van der Waals surface area contributed by atoms with Gasteiger partial charge in [0.25, 0.3) is 5.91 Å². The number of para-hydroxylation sites is 1. The van der Waals surface area contributed by atoms with Crippen molar-refractivity contribution in [3.63, 3.8) is 0 Å². The van der Waals surface area contributed by atoms with Gasteiger partial charge < -0.3 is 9.64 Å². The second-order valence-electron chi connectivity index (χ2n) is 8.80. The molecule has 0 bridgehead atoms. The fraction of sp³-hybridized carbons (Fsp3) is 0.133. The normalized spacial score (nSPS) is 12.7. The summed E-state index contributed by atoms with van der Waals surface area (Å²) in [5, 5.41) is 0. The van der Waals surface area contributed by atoms with Crippen LogP contribution in [0.25, 0.3) is 16.7 Å². The van der Waals surface area contributed by atoms with Crippen molar-refractivity contribution in [2.24, 2.45) is 0 Å². The summed E-state index contributed by atoms with van der Waals surface area (Å²) in [6, 6.07) is 32.1. The number of fused-ring (bicyclic) bond motifs is 2. The molecule has 5 aromatic rings. The molecule has 4 aromatic carbocycles. The van der Waals surface area contributed by atoms with Gasteiger partial charge in [-0.2, -0.15) is 0 Å². The van der Waals surface area contributed by atoms with Crippen molar-refractivity contribution in [2.75, 3.05) is 11.4 Å². The zero-order chi connectivity index (χ0) is 23.8. The van der Waals surface area contributed by atoms with Gasteiger partial charge in [0.1, 0.15) is 18.2 Å². The lowest BCUT2D eigenvalue weighted by Crippen LogP contribution is -2.28. The molecule has 2 heterocycles. The van der Waals surface area contributed by atoms with E-state index in [0.717, 1.165) is 46.0 Å². The third-order valence-electron chi connectivity index (χ3n) is 6.54. The van der Waals surface area contributed by atoms with Crippen LogP contribution >= 0.6 is 0 Å². The Bertz CT molecular complexity index is 1520. The van der Waals surface area contributed by atoms with Crippen molar-refractivity contribution in [1.82, 2.24) is 9.55 Å². The Kier molecular flexibility index (Phi) is 5.30. The van der Waals surface area contributed by atoms with E-state index in [1.165, 1.54) is 5.56 Å². The number of hydrogen-bond acceptors (Lipinski definition) is 3. The number of carbonyl (C=O) groups is 1. The zero-order valence-electron chi connectivity index (χ0n) is 19.5. The van der Waals surface area contributed by atoms with E-state index < -0.39 is 0 Å². The number of carbonyl (C=O) groups excluding carboxylic acids is 1. The van der Waals surface area contributed by atoms with Crippen LogP contribution in [0.15, 0.2) is 97.1 Å². The standard InChI is InChI=1S/C30H25N3O2/c1-21-31-27-19-24(30(34)32-18-17-23-9-5-6-10-28(23)32)11-16-29(27)33(21)25-12-14-26(15-13-25)35-20-22-7-3-2-4-8-22/h2-16,19H,17-18,20H2,1H3. The molecule has 1 aliphatic heterocycles. The van der Waals surface area contributed by atoms with Gasteiger partial charge in [0.05, 0.1) is 11.0 Å². The van der Waals surface area contributed by atoms with Gasteiger partial charge in [0, 0.05) is 23.5 Å². The predicted molar refractivity (Wildman–Crippen MR) is 138 cm³/mol. The van der Waals surface area contributed by atoms with E-state index in [1.54, 1.807) is 0 Å².